The van der Waals surface area contributed by atoms with E-state index in [-0.39, 0.29) is 23.8 Å². The normalized spacial score (nSPS) is 15.4. The van der Waals surface area contributed by atoms with Gasteiger partial charge < -0.3 is 31.2 Å². The van der Waals surface area contributed by atoms with E-state index in [1.54, 1.807) is 26.2 Å². The van der Waals surface area contributed by atoms with Gasteiger partial charge in [-0.05, 0) is 38.7 Å². The van der Waals surface area contributed by atoms with Crippen LogP contribution in [0.15, 0.2) is 54.4 Å². The van der Waals surface area contributed by atoms with E-state index in [1.165, 1.54) is 18.7 Å². The summed E-state index contributed by atoms with van der Waals surface area (Å²) < 4.78 is 5.39. The number of benzene rings is 1. The van der Waals surface area contributed by atoms with Crippen LogP contribution in [0.1, 0.15) is 57.3 Å². The molecule has 222 valence electrons. The topological polar surface area (TPSA) is 172 Å². The van der Waals surface area contributed by atoms with Crippen molar-refractivity contribution in [1.82, 2.24) is 25.6 Å². The number of alkyl carbamates (subject to hydrolysis) is 1. The minimum atomic E-state index is -2.16. The predicted molar refractivity (Wildman–Crippen MR) is 156 cm³/mol. The third-order valence-corrected chi connectivity index (χ3v) is 7.20. The first kappa shape index (κ1) is 31.9. The summed E-state index contributed by atoms with van der Waals surface area (Å²) >= 11 is 1.11. The van der Waals surface area contributed by atoms with Crippen molar-refractivity contribution in [2.45, 2.75) is 83.2 Å². The molecule has 0 radical (unpaired) electrons. The third-order valence-electron chi connectivity index (χ3n) is 6.30. The molecule has 0 aliphatic rings. The number of carbonyl (C=O) groups is 3. The fourth-order valence-electron chi connectivity index (χ4n) is 4.41. The average Bonchev–Trinajstić information content (AvgIpc) is 3.61. The lowest BCUT2D eigenvalue weighted by atomic mass is 9.81. The van der Waals surface area contributed by atoms with Crippen molar-refractivity contribution in [2.24, 2.45) is 11.7 Å². The van der Waals surface area contributed by atoms with Crippen LogP contribution < -0.4 is 16.4 Å². The Kier molecular flexibility index (Phi) is 10.8. The van der Waals surface area contributed by atoms with Crippen LogP contribution in [0.25, 0.3) is 0 Å². The van der Waals surface area contributed by atoms with E-state index < -0.39 is 47.1 Å². The minimum Gasteiger partial charge on any atom is -0.444 e. The molecule has 1 aromatic carbocycles. The number of Topliss-reactive ketones (excluding diaryl/α,β-unsaturated/α-hetero) is 1. The van der Waals surface area contributed by atoms with Gasteiger partial charge in [0.1, 0.15) is 16.7 Å². The summed E-state index contributed by atoms with van der Waals surface area (Å²) in [5, 5.41) is 19.1. The van der Waals surface area contributed by atoms with Crippen molar-refractivity contribution >= 4 is 29.1 Å². The molecule has 3 aromatic rings. The number of amides is 2. The zero-order valence-corrected chi connectivity index (χ0v) is 24.9. The van der Waals surface area contributed by atoms with Gasteiger partial charge in [0.2, 0.25) is 5.91 Å². The number of ketones is 1. The lowest BCUT2D eigenvalue weighted by molar-refractivity contribution is -0.145. The summed E-state index contributed by atoms with van der Waals surface area (Å²) in [5.74, 6) is -1.26. The van der Waals surface area contributed by atoms with Gasteiger partial charge >= 0.3 is 6.09 Å². The predicted octanol–water partition coefficient (Wildman–Crippen LogP) is 2.86. The van der Waals surface area contributed by atoms with Crippen molar-refractivity contribution in [3.8, 4) is 0 Å². The number of imidazole rings is 1. The molecule has 0 aliphatic heterocycles. The third kappa shape index (κ3) is 8.94. The smallest absolute Gasteiger partial charge is 0.408 e. The highest BCUT2D eigenvalue weighted by Gasteiger charge is 2.49. The van der Waals surface area contributed by atoms with Crippen LogP contribution in [0.5, 0.6) is 0 Å². The molecule has 11 nitrogen and oxygen atoms in total. The number of hydrogen-bond acceptors (Lipinski definition) is 9. The molecule has 6 N–H and O–H groups in total. The number of thiazole rings is 1. The van der Waals surface area contributed by atoms with Crippen LogP contribution >= 0.6 is 11.3 Å². The SMILES string of the molecule is CC(C)C[C@H](N)[C@@](O)(C(=O)[C@H](Cc1cnc[nH]1)NC(=O)[C@H](Cc1ccccc1)NC(=O)OC(C)(C)C)c1nccs1. The van der Waals surface area contributed by atoms with Gasteiger partial charge in [0.05, 0.1) is 12.4 Å². The van der Waals surface area contributed by atoms with E-state index in [2.05, 4.69) is 25.6 Å². The summed E-state index contributed by atoms with van der Waals surface area (Å²) in [6.45, 7) is 9.04. The summed E-state index contributed by atoms with van der Waals surface area (Å²) in [6, 6.07) is 5.86. The van der Waals surface area contributed by atoms with E-state index in [0.29, 0.717) is 12.1 Å². The number of carbonyl (C=O) groups excluding carboxylic acids is 3. The number of H-pyrrole nitrogens is 1. The molecule has 2 amide bonds. The number of aromatic nitrogens is 3. The first-order chi connectivity index (χ1) is 19.3. The fourth-order valence-corrected chi connectivity index (χ4v) is 5.21. The molecular weight excluding hydrogens is 544 g/mol. The van der Waals surface area contributed by atoms with Crippen LogP contribution in [0.4, 0.5) is 4.79 Å². The van der Waals surface area contributed by atoms with E-state index in [9.17, 15) is 19.5 Å². The Morgan fingerprint density at radius 1 is 1.10 bits per heavy atom. The second kappa shape index (κ2) is 13.8. The average molecular weight is 585 g/mol. The second-order valence-electron chi connectivity index (χ2n) is 11.4. The molecule has 12 heteroatoms. The van der Waals surface area contributed by atoms with E-state index >= 15 is 0 Å². The second-order valence-corrected chi connectivity index (χ2v) is 12.3. The summed E-state index contributed by atoms with van der Waals surface area (Å²) in [7, 11) is 0. The molecule has 0 saturated carbocycles. The van der Waals surface area contributed by atoms with E-state index in [0.717, 1.165) is 16.9 Å². The minimum absolute atomic E-state index is 0.00283. The number of nitrogens with two attached hydrogens (primary N) is 1. The van der Waals surface area contributed by atoms with E-state index in [4.69, 9.17) is 10.5 Å². The molecule has 3 rings (SSSR count). The molecule has 2 aromatic heterocycles. The Balaban J connectivity index is 1.96. The maximum absolute atomic E-state index is 14.2. The molecule has 41 heavy (non-hydrogen) atoms. The van der Waals surface area contributed by atoms with Crippen LogP contribution in [0.3, 0.4) is 0 Å². The maximum atomic E-state index is 14.2. The van der Waals surface area contributed by atoms with Gasteiger partial charge in [-0.3, -0.25) is 9.59 Å². The van der Waals surface area contributed by atoms with Gasteiger partial charge in [-0.15, -0.1) is 11.3 Å². The Labute approximate surface area is 244 Å². The molecule has 0 unspecified atom stereocenters. The van der Waals surface area contributed by atoms with Crippen LogP contribution in [0, 0.1) is 5.92 Å². The van der Waals surface area contributed by atoms with Gasteiger partial charge in [-0.2, -0.15) is 0 Å². The molecule has 4 atom stereocenters. The van der Waals surface area contributed by atoms with Gasteiger partial charge in [0.15, 0.2) is 11.4 Å². The van der Waals surface area contributed by atoms with Crippen molar-refractivity contribution in [1.29, 1.82) is 0 Å². The van der Waals surface area contributed by atoms with Gasteiger partial charge in [0.25, 0.3) is 0 Å². The van der Waals surface area contributed by atoms with Crippen molar-refractivity contribution in [3.05, 3.63) is 70.7 Å². The molecule has 0 aliphatic carbocycles. The molecule has 0 spiro atoms. The first-order valence-corrected chi connectivity index (χ1v) is 14.4. The quantitative estimate of drug-likeness (QED) is 0.204. The highest BCUT2D eigenvalue weighted by molar-refractivity contribution is 7.09. The monoisotopic (exact) mass is 584 g/mol. The highest BCUT2D eigenvalue weighted by Crippen LogP contribution is 2.32. The Hall–Kier alpha value is -3.61. The van der Waals surface area contributed by atoms with Crippen molar-refractivity contribution < 1.29 is 24.2 Å². The summed E-state index contributed by atoms with van der Waals surface area (Å²) in [4.78, 5) is 51.8. The van der Waals surface area contributed by atoms with Gasteiger partial charge in [0, 0.05) is 42.4 Å². The van der Waals surface area contributed by atoms with Gasteiger partial charge in [-0.25, -0.2) is 14.8 Å². The van der Waals surface area contributed by atoms with E-state index in [1.807, 2.05) is 44.2 Å². The zero-order valence-electron chi connectivity index (χ0n) is 24.1. The lowest BCUT2D eigenvalue weighted by Crippen LogP contribution is -2.61. The van der Waals surface area contributed by atoms with Crippen molar-refractivity contribution in [3.63, 3.8) is 0 Å². The Morgan fingerprint density at radius 3 is 2.37 bits per heavy atom. The first-order valence-electron chi connectivity index (χ1n) is 13.5. The number of aliphatic hydroxyl groups is 1. The Bertz CT molecular complexity index is 1260. The fraction of sp³-hybridized carbons (Fsp3) is 0.483. The number of nitrogens with one attached hydrogen (secondary N) is 3. The maximum Gasteiger partial charge on any atom is 0.408 e. The number of hydrogen-bond donors (Lipinski definition) is 5. The number of nitrogens with zero attached hydrogens (tertiary/aromatic N) is 2. The Morgan fingerprint density at radius 2 is 1.80 bits per heavy atom. The standard InChI is InChI=1S/C29H40N6O5S/c1-18(2)13-23(30)29(39,26-32-11-12-41-26)24(36)21(15-20-16-31-17-33-20)34-25(37)22(14-19-9-7-6-8-10-19)35-27(38)40-28(3,4)5/h6-12,16-18,21-23,39H,13-15,30H2,1-5H3,(H,31,33)(H,34,37)(H,35,38)/t21-,22-,23-,29+/m0/s1. The van der Waals surface area contributed by atoms with Crippen LogP contribution in [-0.4, -0.2) is 61.6 Å². The number of aromatic amines is 1. The highest BCUT2D eigenvalue weighted by atomic mass is 32.1. The van der Waals surface area contributed by atoms with Gasteiger partial charge in [-0.1, -0.05) is 44.2 Å². The van der Waals surface area contributed by atoms with Crippen LogP contribution in [0.2, 0.25) is 0 Å². The zero-order chi connectivity index (χ0) is 30.2. The molecule has 0 bridgehead atoms. The summed E-state index contributed by atoms with van der Waals surface area (Å²) in [5.41, 5.74) is 4.86. The summed E-state index contributed by atoms with van der Waals surface area (Å²) in [6.07, 6.45) is 4.18. The van der Waals surface area contributed by atoms with Crippen molar-refractivity contribution in [2.75, 3.05) is 0 Å². The number of ether oxygens (including phenoxy) is 1. The lowest BCUT2D eigenvalue weighted by Gasteiger charge is -2.35. The molecule has 2 heterocycles. The number of rotatable bonds is 13. The molecule has 0 fully saturated rings. The molecule has 0 saturated heterocycles. The van der Waals surface area contributed by atoms with Crippen LogP contribution in [-0.2, 0) is 32.8 Å². The largest absolute Gasteiger partial charge is 0.444 e. The molecular formula is C29H40N6O5S.